The third kappa shape index (κ3) is 2.64. The topological polar surface area (TPSA) is 154 Å². The minimum absolute atomic E-state index is 0.162. The predicted octanol–water partition coefficient (Wildman–Crippen LogP) is -1.96. The highest BCUT2D eigenvalue weighted by Crippen LogP contribution is 2.37. The lowest BCUT2D eigenvalue weighted by molar-refractivity contribution is -0.179. The van der Waals surface area contributed by atoms with E-state index in [1.165, 1.54) is 6.07 Å². The number of ketones is 1. The van der Waals surface area contributed by atoms with Crippen LogP contribution in [0, 0.1) is 5.92 Å². The van der Waals surface area contributed by atoms with E-state index in [1.54, 1.807) is 19.3 Å². The molecule has 0 aromatic carbocycles. The third-order valence-electron chi connectivity index (χ3n) is 3.77. The van der Waals surface area contributed by atoms with Gasteiger partial charge in [-0.25, -0.2) is 4.79 Å². The van der Waals surface area contributed by atoms with Gasteiger partial charge in [-0.15, -0.1) is 0 Å². The molecule has 1 fully saturated rings. The zero-order chi connectivity index (χ0) is 17.4. The van der Waals surface area contributed by atoms with Gasteiger partial charge in [0, 0.05) is 12.1 Å². The maximum absolute atomic E-state index is 12.7. The standard InChI is InChI=1S/C13H19N3O7/c1-6(2)10(19)13(11(20)9(18)7(5-17)23-13)16-4-3-8(15-22)14-12(16)21/h3-4,6-7,9,11,17-18,20,22H,5H2,1-2H3,(H,14,15,21)/t7-,9-,11-,13-/m1/s1. The van der Waals surface area contributed by atoms with E-state index in [1.807, 2.05) is 0 Å². The number of aliphatic hydroxyl groups is 3. The first-order valence-corrected chi connectivity index (χ1v) is 6.99. The fourth-order valence-corrected chi connectivity index (χ4v) is 2.60. The molecule has 0 amide bonds. The zero-order valence-corrected chi connectivity index (χ0v) is 12.6. The van der Waals surface area contributed by atoms with Crippen LogP contribution in [0.15, 0.2) is 17.1 Å². The highest BCUT2D eigenvalue weighted by molar-refractivity contribution is 5.88. The molecule has 10 nitrogen and oxygen atoms in total. The highest BCUT2D eigenvalue weighted by Gasteiger charge is 2.60. The number of hydrogen-bond acceptors (Lipinski definition) is 9. The van der Waals surface area contributed by atoms with Gasteiger partial charge >= 0.3 is 5.69 Å². The molecular weight excluding hydrogens is 310 g/mol. The second-order valence-corrected chi connectivity index (χ2v) is 5.57. The van der Waals surface area contributed by atoms with Gasteiger partial charge < -0.3 is 20.1 Å². The lowest BCUT2D eigenvalue weighted by atomic mass is 9.91. The van der Waals surface area contributed by atoms with E-state index < -0.39 is 48.0 Å². The van der Waals surface area contributed by atoms with E-state index >= 15 is 0 Å². The van der Waals surface area contributed by atoms with Crippen LogP contribution in [0.5, 0.6) is 0 Å². The quantitative estimate of drug-likeness (QED) is 0.387. The fourth-order valence-electron chi connectivity index (χ4n) is 2.60. The SMILES string of the molecule is CC(C)C(=O)[C@@]1(n2ccc(NO)nc2=O)O[C@H](CO)[C@@H](O)[C@H]1O. The van der Waals surface area contributed by atoms with Crippen LogP contribution in [0.1, 0.15) is 13.8 Å². The smallest absolute Gasteiger partial charge is 0.352 e. The Hall–Kier alpha value is -1.85. The van der Waals surface area contributed by atoms with Gasteiger partial charge in [-0.05, 0) is 6.07 Å². The lowest BCUT2D eigenvalue weighted by Gasteiger charge is -2.33. The third-order valence-corrected chi connectivity index (χ3v) is 3.77. The summed E-state index contributed by atoms with van der Waals surface area (Å²) in [4.78, 5) is 28.3. The molecule has 1 saturated heterocycles. The van der Waals surface area contributed by atoms with Crippen molar-refractivity contribution in [3.8, 4) is 0 Å². The molecule has 1 aromatic rings. The van der Waals surface area contributed by atoms with Crippen molar-refractivity contribution in [3.05, 3.63) is 22.7 Å². The molecule has 2 rings (SSSR count). The minimum Gasteiger partial charge on any atom is -0.394 e. The molecule has 2 heterocycles. The van der Waals surface area contributed by atoms with E-state index in [0.29, 0.717) is 0 Å². The van der Waals surface area contributed by atoms with Gasteiger partial charge in [-0.2, -0.15) is 4.98 Å². The summed E-state index contributed by atoms with van der Waals surface area (Å²) in [5.41, 5.74) is -1.50. The largest absolute Gasteiger partial charge is 0.394 e. The Balaban J connectivity index is 2.65. The Kier molecular flexibility index (Phi) is 4.82. The molecule has 1 aromatic heterocycles. The number of carbonyl (C=O) groups is 1. The van der Waals surface area contributed by atoms with Crippen molar-refractivity contribution in [1.82, 2.24) is 9.55 Å². The Morgan fingerprint density at radius 3 is 2.61 bits per heavy atom. The van der Waals surface area contributed by atoms with E-state index in [9.17, 15) is 24.9 Å². The van der Waals surface area contributed by atoms with Crippen LogP contribution in [0.2, 0.25) is 0 Å². The van der Waals surface area contributed by atoms with Gasteiger partial charge in [0.1, 0.15) is 18.3 Å². The summed E-state index contributed by atoms with van der Waals surface area (Å²) in [5.74, 6) is -1.46. The summed E-state index contributed by atoms with van der Waals surface area (Å²) in [6.45, 7) is 2.44. The molecule has 10 heteroatoms. The lowest BCUT2D eigenvalue weighted by Crippen LogP contribution is -2.57. The number of hydrogen-bond donors (Lipinski definition) is 5. The normalized spacial score (nSPS) is 30.7. The number of anilines is 1. The number of aromatic nitrogens is 2. The van der Waals surface area contributed by atoms with Crippen molar-refractivity contribution >= 4 is 11.6 Å². The molecule has 128 valence electrons. The predicted molar refractivity (Wildman–Crippen MR) is 75.7 cm³/mol. The summed E-state index contributed by atoms with van der Waals surface area (Å²) in [5, 5.41) is 38.4. The Morgan fingerprint density at radius 1 is 1.52 bits per heavy atom. The summed E-state index contributed by atoms with van der Waals surface area (Å²) in [6.07, 6.45) is -3.48. The first-order valence-electron chi connectivity index (χ1n) is 6.99. The second-order valence-electron chi connectivity index (χ2n) is 5.57. The molecular formula is C13H19N3O7. The maximum atomic E-state index is 12.7. The van der Waals surface area contributed by atoms with Gasteiger partial charge in [0.25, 0.3) is 0 Å². The Morgan fingerprint density at radius 2 is 2.17 bits per heavy atom. The van der Waals surface area contributed by atoms with Crippen LogP contribution in [-0.2, 0) is 15.3 Å². The molecule has 23 heavy (non-hydrogen) atoms. The van der Waals surface area contributed by atoms with Gasteiger partial charge in [0.15, 0.2) is 11.6 Å². The van der Waals surface area contributed by atoms with Crippen LogP contribution >= 0.6 is 0 Å². The van der Waals surface area contributed by atoms with Gasteiger partial charge in [-0.1, -0.05) is 13.8 Å². The fraction of sp³-hybridized carbons (Fsp3) is 0.615. The number of nitrogens with zero attached hydrogens (tertiary/aromatic N) is 2. The molecule has 0 aliphatic carbocycles. The van der Waals surface area contributed by atoms with Crippen LogP contribution in [-0.4, -0.2) is 60.8 Å². The molecule has 0 bridgehead atoms. The Bertz CT molecular complexity index is 647. The van der Waals surface area contributed by atoms with Crippen molar-refractivity contribution in [2.75, 3.05) is 12.1 Å². The molecule has 0 saturated carbocycles. The Labute approximate surface area is 130 Å². The van der Waals surface area contributed by atoms with E-state index in [4.69, 9.17) is 9.94 Å². The first-order chi connectivity index (χ1) is 10.8. The highest BCUT2D eigenvalue weighted by atomic mass is 16.6. The molecule has 4 atom stereocenters. The van der Waals surface area contributed by atoms with Crippen molar-refractivity contribution in [2.45, 2.75) is 37.9 Å². The van der Waals surface area contributed by atoms with Gasteiger partial charge in [0.05, 0.1) is 6.61 Å². The van der Waals surface area contributed by atoms with Gasteiger partial charge in [0.2, 0.25) is 5.72 Å². The summed E-state index contributed by atoms with van der Waals surface area (Å²) in [7, 11) is 0. The number of nitrogens with one attached hydrogen (secondary N) is 1. The van der Waals surface area contributed by atoms with Crippen molar-refractivity contribution in [2.24, 2.45) is 5.92 Å². The molecule has 1 aliphatic rings. The average molecular weight is 329 g/mol. The van der Waals surface area contributed by atoms with Crippen LogP contribution < -0.4 is 11.2 Å². The van der Waals surface area contributed by atoms with Crippen molar-refractivity contribution in [1.29, 1.82) is 0 Å². The van der Waals surface area contributed by atoms with Crippen LogP contribution in [0.25, 0.3) is 0 Å². The van der Waals surface area contributed by atoms with Crippen molar-refractivity contribution < 1.29 is 30.1 Å². The summed E-state index contributed by atoms with van der Waals surface area (Å²) >= 11 is 0. The van der Waals surface area contributed by atoms with Crippen LogP contribution in [0.4, 0.5) is 5.82 Å². The molecule has 0 radical (unpaired) electrons. The average Bonchev–Trinajstić information content (AvgIpc) is 2.79. The number of aliphatic hydroxyl groups excluding tert-OH is 3. The minimum atomic E-state index is -2.21. The summed E-state index contributed by atoms with van der Waals surface area (Å²) < 4.78 is 6.18. The number of rotatable bonds is 5. The zero-order valence-electron chi connectivity index (χ0n) is 12.6. The molecule has 1 aliphatic heterocycles. The maximum Gasteiger partial charge on any atom is 0.352 e. The molecule has 5 N–H and O–H groups in total. The van der Waals surface area contributed by atoms with Crippen LogP contribution in [0.3, 0.4) is 0 Å². The van der Waals surface area contributed by atoms with E-state index in [0.717, 1.165) is 10.8 Å². The van der Waals surface area contributed by atoms with E-state index in [2.05, 4.69) is 4.98 Å². The van der Waals surface area contributed by atoms with Crippen molar-refractivity contribution in [3.63, 3.8) is 0 Å². The molecule has 0 spiro atoms. The number of Topliss-reactive ketones (excluding diaryl/α,β-unsaturated/α-hetero) is 1. The second kappa shape index (κ2) is 6.34. The first kappa shape index (κ1) is 17.5. The van der Waals surface area contributed by atoms with Gasteiger partial charge in [-0.3, -0.25) is 20.0 Å². The monoisotopic (exact) mass is 329 g/mol. The number of carbonyl (C=O) groups excluding carboxylic acids is 1. The van der Waals surface area contributed by atoms with E-state index in [-0.39, 0.29) is 5.82 Å². The molecule has 0 unspecified atom stereocenters. The summed E-state index contributed by atoms with van der Waals surface area (Å²) in [6, 6.07) is 1.19. The number of ether oxygens (including phenoxy) is 1.